The first kappa shape index (κ1) is 94.9. The lowest BCUT2D eigenvalue weighted by atomic mass is 9.98. The molecule has 0 spiro atoms. The zero-order chi connectivity index (χ0) is 81.8. The van der Waals surface area contributed by atoms with E-state index in [9.17, 15) is 31.5 Å². The summed E-state index contributed by atoms with van der Waals surface area (Å²) in [5, 5.41) is 2.43. The molecule has 0 bridgehead atoms. The van der Waals surface area contributed by atoms with E-state index in [-0.39, 0.29) is 54.1 Å². The summed E-state index contributed by atoms with van der Waals surface area (Å²) < 4.78 is 95.7. The van der Waals surface area contributed by atoms with Crippen LogP contribution in [0.4, 0.5) is 22.0 Å². The Hall–Kier alpha value is -11.4. The zero-order valence-corrected chi connectivity index (χ0v) is 67.4. The number of H-pyrrole nitrogens is 1. The number of Topliss-reactive ketones (excluding diaryl/α,β-unsaturated/α-hetero) is 2. The summed E-state index contributed by atoms with van der Waals surface area (Å²) in [6.45, 7) is 27.5. The summed E-state index contributed by atoms with van der Waals surface area (Å²) in [5.41, 5.74) is 12.2. The van der Waals surface area contributed by atoms with Crippen LogP contribution in [0, 0.1) is 29.1 Å². The van der Waals surface area contributed by atoms with Crippen LogP contribution in [-0.4, -0.2) is 85.2 Å². The molecule has 21 heteroatoms. The fourth-order valence-corrected chi connectivity index (χ4v) is 9.91. The molecule has 8 aromatic heterocycles. The van der Waals surface area contributed by atoms with E-state index < -0.39 is 29.1 Å². The molecule has 0 saturated carbocycles. The van der Waals surface area contributed by atoms with Gasteiger partial charge in [0.2, 0.25) is 24.4 Å². The number of carbonyl (C=O) groups is 2. The first-order chi connectivity index (χ1) is 53.3. The third-order valence-electron chi connectivity index (χ3n) is 17.1. The van der Waals surface area contributed by atoms with E-state index >= 15 is 0 Å². The molecule has 112 heavy (non-hydrogen) atoms. The highest BCUT2D eigenvalue weighted by molar-refractivity contribution is 5.83. The van der Waals surface area contributed by atoms with Gasteiger partial charge in [0, 0.05) is 96.9 Å². The largest absolute Gasteiger partial charge is 0.491 e. The Morgan fingerprint density at radius 2 is 0.920 bits per heavy atom. The van der Waals surface area contributed by atoms with Gasteiger partial charge < -0.3 is 38.0 Å². The van der Waals surface area contributed by atoms with Gasteiger partial charge in [-0.1, -0.05) is 156 Å². The molecule has 16 nitrogen and oxygen atoms in total. The molecule has 1 aliphatic heterocycles. The van der Waals surface area contributed by atoms with Gasteiger partial charge in [-0.25, -0.2) is 51.9 Å². The molecule has 9 heterocycles. The van der Waals surface area contributed by atoms with Crippen molar-refractivity contribution in [3.63, 3.8) is 0 Å². The number of nitrogens with one attached hydrogen (secondary N) is 1. The molecular formula is C91H113F5N8O8. The number of benzene rings is 4. The number of pyridine rings is 6. The molecule has 4 aromatic carbocycles. The van der Waals surface area contributed by atoms with E-state index in [0.717, 1.165) is 72.3 Å². The van der Waals surface area contributed by atoms with Crippen molar-refractivity contribution < 1.29 is 60.0 Å². The van der Waals surface area contributed by atoms with Crippen LogP contribution in [0.5, 0.6) is 35.0 Å². The summed E-state index contributed by atoms with van der Waals surface area (Å²) >= 11 is 0. The van der Waals surface area contributed by atoms with Gasteiger partial charge in [-0.05, 0) is 190 Å². The molecule has 0 saturated heterocycles. The van der Waals surface area contributed by atoms with E-state index in [1.165, 1.54) is 89.2 Å². The molecule has 12 aromatic rings. The van der Waals surface area contributed by atoms with E-state index in [2.05, 4.69) is 97.2 Å². The smallest absolute Gasteiger partial charge is 0.260 e. The second kappa shape index (κ2) is 51.9. The van der Waals surface area contributed by atoms with Crippen LogP contribution in [0.1, 0.15) is 172 Å². The van der Waals surface area contributed by atoms with E-state index in [0.29, 0.717) is 42.8 Å². The lowest BCUT2D eigenvalue weighted by Gasteiger charge is -2.07. The number of ether oxygens (including phenoxy) is 6. The van der Waals surface area contributed by atoms with E-state index in [4.69, 9.17) is 18.9 Å². The van der Waals surface area contributed by atoms with Crippen molar-refractivity contribution in [1.29, 1.82) is 0 Å². The predicted molar refractivity (Wildman–Crippen MR) is 441 cm³/mol. The summed E-state index contributed by atoms with van der Waals surface area (Å²) in [6.07, 6.45) is 22.1. The molecule has 2 atom stereocenters. The average molecular weight is 1540 g/mol. The SMILES string of the molecule is C.CC(=O)[C@@H](C)c1ccccc1.CC(=O)[C@H](C)c1ccccc1.CCc1c(F)cccc1F.CCc1cc(F)c(OC)c(F)c1.CCc1ccc(OC(C)C)nc1.CCc1ccc(OC)nc1.CCc1cnc(OC)c(F)c1.CCc1cnc2[nH]ccc2c1.CCc1cnc2c(c1)OCO2.CCc1cnc2c(ccn2C)c1. The van der Waals surface area contributed by atoms with Gasteiger partial charge in [0.1, 0.15) is 34.5 Å². The fraction of sp³-hybridized carbons (Fsp3) is 0.341. The Balaban J connectivity index is 0.000000322. The van der Waals surface area contributed by atoms with Crippen molar-refractivity contribution in [2.75, 3.05) is 28.1 Å². The summed E-state index contributed by atoms with van der Waals surface area (Å²) in [4.78, 5) is 49.6. The van der Waals surface area contributed by atoms with Crippen LogP contribution >= 0.6 is 0 Å². The minimum Gasteiger partial charge on any atom is -0.491 e. The molecule has 600 valence electrons. The van der Waals surface area contributed by atoms with Gasteiger partial charge in [-0.15, -0.1) is 0 Å². The number of rotatable bonds is 17. The number of ketones is 2. The number of halogens is 5. The summed E-state index contributed by atoms with van der Waals surface area (Å²) in [7, 11) is 6.28. The molecule has 1 aliphatic rings. The molecular weight excluding hydrogens is 1430 g/mol. The van der Waals surface area contributed by atoms with Crippen molar-refractivity contribution >= 4 is 33.6 Å². The van der Waals surface area contributed by atoms with Crippen molar-refractivity contribution in [1.82, 2.24) is 39.5 Å². The molecule has 13 rings (SSSR count). The monoisotopic (exact) mass is 1540 g/mol. The standard InChI is InChI=1S/C10H12N2.C10H15NO.2C10H12O.C9H10F2O.C9H10N2.C8H8F2.C8H10FNO.C8H9NO2.C8H11NO.CH4/c1-3-8-6-9-4-5-12(2)10(9)11-7-8;1-4-9-5-6-10(11-7-9)12-8(2)3;2*1-8(9(2)11)10-6-4-3-5-7-10;1-3-6-4-7(10)9(12-2)8(11)5-6;1-2-7-5-8-3-4-10-9(8)11-6-7;1-2-6-7(9)4-3-5-8(6)10;1-3-6-4-7(9)8(11-2)10-5-6;1-2-6-3-7-8(9-4-6)11-5-10-7;1-3-7-4-5-8(10-2)9-6-7;/h4-7H,3H2,1-2H3;5-8H,4H2,1-3H3;2*3-8H,1-2H3;4-5H,3H2,1-2H3;3-6H,2H2,1H3,(H,10,11);3-5H,2H2,1H3;4-5H,3H2,1-2H3;3-4H,2,5H2,1H3;4-6H,3H2,1-2H3;1H4/t;;2*8-;;;;;;;/m..10......./s1. The maximum atomic E-state index is 12.9. The Morgan fingerprint density at radius 3 is 1.37 bits per heavy atom. The van der Waals surface area contributed by atoms with Gasteiger partial charge >= 0.3 is 0 Å². The lowest BCUT2D eigenvalue weighted by Crippen LogP contribution is -2.06. The summed E-state index contributed by atoms with van der Waals surface area (Å²) in [6, 6.07) is 45.9. The molecule has 0 amide bonds. The fourth-order valence-electron chi connectivity index (χ4n) is 9.91. The van der Waals surface area contributed by atoms with Crippen molar-refractivity contribution in [2.24, 2.45) is 7.05 Å². The van der Waals surface area contributed by atoms with Crippen molar-refractivity contribution in [2.45, 2.75) is 174 Å². The second-order valence-electron chi connectivity index (χ2n) is 25.3. The average Bonchev–Trinajstić information content (AvgIpc) is 1.73. The number of hydrogen-bond donors (Lipinski definition) is 1. The third kappa shape index (κ3) is 32.7. The number of hydrogen-bond acceptors (Lipinski definition) is 14. The number of methoxy groups -OCH3 is 3. The van der Waals surface area contributed by atoms with Gasteiger partial charge in [0.15, 0.2) is 29.0 Å². The summed E-state index contributed by atoms with van der Waals surface area (Å²) in [5.74, 6) is 0.431. The van der Waals surface area contributed by atoms with Gasteiger partial charge in [0.25, 0.3) is 5.88 Å². The molecule has 1 N–H and O–H groups in total. The topological polar surface area (TPSA) is 188 Å². The normalized spacial score (nSPS) is 10.9. The van der Waals surface area contributed by atoms with E-state index in [1.54, 1.807) is 34.1 Å². The number of carbonyl (C=O) groups excluding carboxylic acids is 2. The van der Waals surface area contributed by atoms with Crippen molar-refractivity contribution in [3.05, 3.63) is 286 Å². The number of aryl methyl sites for hydroxylation is 8. The van der Waals surface area contributed by atoms with Crippen LogP contribution in [0.2, 0.25) is 0 Å². The minimum atomic E-state index is -0.644. The Morgan fingerprint density at radius 1 is 0.455 bits per heavy atom. The van der Waals surface area contributed by atoms with Gasteiger partial charge in [-0.2, -0.15) is 0 Å². The third-order valence-corrected chi connectivity index (χ3v) is 17.1. The van der Waals surface area contributed by atoms with Crippen LogP contribution in [0.15, 0.2) is 201 Å². The first-order valence-electron chi connectivity index (χ1n) is 37.3. The minimum absolute atomic E-state index is 0. The van der Waals surface area contributed by atoms with E-state index in [1.807, 2.05) is 194 Å². The molecule has 0 radical (unpaired) electrons. The molecule has 0 unspecified atom stereocenters. The number of fused-ring (bicyclic) bond motifs is 3. The second-order valence-corrected chi connectivity index (χ2v) is 25.3. The number of nitrogens with zero attached hydrogens (tertiary/aromatic N) is 7. The number of aromatic amines is 1. The molecule has 0 aliphatic carbocycles. The van der Waals surface area contributed by atoms with Crippen molar-refractivity contribution in [3.8, 4) is 35.0 Å². The van der Waals surface area contributed by atoms with Crippen LogP contribution in [0.3, 0.4) is 0 Å². The first-order valence-corrected chi connectivity index (χ1v) is 37.3. The maximum Gasteiger partial charge on any atom is 0.260 e. The Bertz CT molecular complexity index is 4530. The highest BCUT2D eigenvalue weighted by Gasteiger charge is 2.15. The van der Waals surface area contributed by atoms with Gasteiger partial charge in [0.05, 0.1) is 27.4 Å². The number of aromatic nitrogens is 8. The maximum absolute atomic E-state index is 12.9. The van der Waals surface area contributed by atoms with Crippen LogP contribution in [0.25, 0.3) is 22.1 Å². The quantitative estimate of drug-likeness (QED) is 0.0848. The molecule has 0 fully saturated rings. The predicted octanol–water partition coefficient (Wildman–Crippen LogP) is 22.0. The highest BCUT2D eigenvalue weighted by Crippen LogP contribution is 2.30. The lowest BCUT2D eigenvalue weighted by molar-refractivity contribution is -0.118. The van der Waals surface area contributed by atoms with Crippen LogP contribution in [-0.2, 0) is 68.0 Å². The van der Waals surface area contributed by atoms with Crippen LogP contribution < -0.4 is 28.4 Å². The Kier molecular flexibility index (Phi) is 44.0. The zero-order valence-electron chi connectivity index (χ0n) is 67.4. The highest BCUT2D eigenvalue weighted by atomic mass is 19.1. The Labute approximate surface area is 659 Å². The van der Waals surface area contributed by atoms with Gasteiger partial charge in [-0.3, -0.25) is 9.59 Å².